The zero-order valence-corrected chi connectivity index (χ0v) is 14.1. The largest absolute Gasteiger partial charge is 0.334 e. The highest BCUT2D eigenvalue weighted by molar-refractivity contribution is 7.10. The van der Waals surface area contributed by atoms with Crippen LogP contribution in [0.3, 0.4) is 0 Å². The Balaban J connectivity index is 1.45. The van der Waals surface area contributed by atoms with Gasteiger partial charge < -0.3 is 4.90 Å². The molecule has 1 saturated carbocycles. The molecular formula is C18H20FN3OS. The SMILES string of the molecule is O=C(C1CC(c2cccs2)NN1)N(Cc1cccc(F)c1)C1CC1. The van der Waals surface area contributed by atoms with Gasteiger partial charge in [0.25, 0.3) is 0 Å². The summed E-state index contributed by atoms with van der Waals surface area (Å²) >= 11 is 1.70. The lowest BCUT2D eigenvalue weighted by molar-refractivity contribution is -0.134. The minimum Gasteiger partial charge on any atom is -0.334 e. The molecule has 1 amide bonds. The minimum atomic E-state index is -0.255. The molecule has 1 aromatic carbocycles. The van der Waals surface area contributed by atoms with E-state index >= 15 is 0 Å². The highest BCUT2D eigenvalue weighted by atomic mass is 32.1. The number of nitrogens with one attached hydrogen (secondary N) is 2. The van der Waals surface area contributed by atoms with Gasteiger partial charge in [-0.3, -0.25) is 4.79 Å². The van der Waals surface area contributed by atoms with Gasteiger partial charge in [0.1, 0.15) is 11.9 Å². The molecule has 6 heteroatoms. The Morgan fingerprint density at radius 2 is 2.12 bits per heavy atom. The number of hydrogen-bond donors (Lipinski definition) is 2. The van der Waals surface area contributed by atoms with Crippen LogP contribution in [-0.2, 0) is 11.3 Å². The first-order chi connectivity index (χ1) is 11.7. The topological polar surface area (TPSA) is 44.4 Å². The third-order valence-electron chi connectivity index (χ3n) is 4.60. The van der Waals surface area contributed by atoms with Gasteiger partial charge in [-0.05, 0) is 48.4 Å². The third kappa shape index (κ3) is 3.36. The molecule has 2 aliphatic rings. The Morgan fingerprint density at radius 1 is 1.25 bits per heavy atom. The number of thiophene rings is 1. The normalized spacial score (nSPS) is 23.4. The van der Waals surface area contributed by atoms with Crippen molar-refractivity contribution in [2.45, 2.75) is 43.9 Å². The molecule has 2 fully saturated rings. The van der Waals surface area contributed by atoms with Crippen LogP contribution in [0, 0.1) is 5.82 Å². The fourth-order valence-corrected chi connectivity index (χ4v) is 3.99. The molecule has 2 N–H and O–H groups in total. The summed E-state index contributed by atoms with van der Waals surface area (Å²) in [6.45, 7) is 0.475. The van der Waals surface area contributed by atoms with E-state index in [1.54, 1.807) is 17.4 Å². The second-order valence-corrected chi connectivity index (χ2v) is 7.45. The van der Waals surface area contributed by atoms with Gasteiger partial charge in [-0.15, -0.1) is 11.3 Å². The molecule has 2 unspecified atom stereocenters. The molecular weight excluding hydrogens is 325 g/mol. The summed E-state index contributed by atoms with van der Waals surface area (Å²) in [5.74, 6) is -0.151. The third-order valence-corrected chi connectivity index (χ3v) is 5.59. The van der Waals surface area contributed by atoms with Crippen LogP contribution in [0.15, 0.2) is 41.8 Å². The average molecular weight is 345 g/mol. The fourth-order valence-electron chi connectivity index (χ4n) is 3.20. The Hall–Kier alpha value is -1.76. The zero-order chi connectivity index (χ0) is 16.5. The van der Waals surface area contributed by atoms with E-state index in [0.29, 0.717) is 12.6 Å². The molecule has 0 bridgehead atoms. The quantitative estimate of drug-likeness (QED) is 0.876. The van der Waals surface area contributed by atoms with E-state index in [2.05, 4.69) is 16.9 Å². The molecule has 126 valence electrons. The standard InChI is InChI=1S/C18H20FN3OS/c19-13-4-1-3-12(9-13)11-22(14-6-7-14)18(23)16-10-15(20-21-16)17-5-2-8-24-17/h1-5,8-9,14-16,20-21H,6-7,10-11H2. The van der Waals surface area contributed by atoms with E-state index < -0.39 is 0 Å². The van der Waals surface area contributed by atoms with Crippen molar-refractivity contribution in [3.8, 4) is 0 Å². The number of amides is 1. The summed E-state index contributed by atoms with van der Waals surface area (Å²) in [6, 6.07) is 10.9. The molecule has 1 aromatic heterocycles. The Kier molecular flexibility index (Phi) is 4.35. The average Bonchev–Trinajstić information content (AvgIpc) is 3.08. The molecule has 4 rings (SSSR count). The van der Waals surface area contributed by atoms with Crippen molar-refractivity contribution >= 4 is 17.2 Å². The van der Waals surface area contributed by atoms with Crippen LogP contribution in [0.25, 0.3) is 0 Å². The molecule has 1 aliphatic heterocycles. The van der Waals surface area contributed by atoms with Gasteiger partial charge in [-0.2, -0.15) is 0 Å². The smallest absolute Gasteiger partial charge is 0.241 e. The maximum absolute atomic E-state index is 13.4. The number of carbonyl (C=O) groups is 1. The zero-order valence-electron chi connectivity index (χ0n) is 13.2. The van der Waals surface area contributed by atoms with Gasteiger partial charge in [-0.25, -0.2) is 15.2 Å². The first kappa shape index (κ1) is 15.7. The molecule has 4 nitrogen and oxygen atoms in total. The van der Waals surface area contributed by atoms with E-state index in [0.717, 1.165) is 24.8 Å². The van der Waals surface area contributed by atoms with Crippen LogP contribution in [0.2, 0.25) is 0 Å². The van der Waals surface area contributed by atoms with Crippen LogP contribution in [-0.4, -0.2) is 22.9 Å². The van der Waals surface area contributed by atoms with Crippen LogP contribution < -0.4 is 10.9 Å². The van der Waals surface area contributed by atoms with E-state index in [-0.39, 0.29) is 23.8 Å². The lowest BCUT2D eigenvalue weighted by atomic mass is 10.1. The number of hydrazine groups is 1. The summed E-state index contributed by atoms with van der Waals surface area (Å²) in [6.07, 6.45) is 2.82. The predicted octanol–water partition coefficient (Wildman–Crippen LogP) is 2.99. The highest BCUT2D eigenvalue weighted by Gasteiger charge is 2.39. The van der Waals surface area contributed by atoms with E-state index in [9.17, 15) is 9.18 Å². The van der Waals surface area contributed by atoms with E-state index in [1.165, 1.54) is 17.0 Å². The molecule has 2 atom stereocenters. The lowest BCUT2D eigenvalue weighted by Gasteiger charge is -2.25. The van der Waals surface area contributed by atoms with Gasteiger partial charge in [0.2, 0.25) is 5.91 Å². The molecule has 24 heavy (non-hydrogen) atoms. The van der Waals surface area contributed by atoms with Gasteiger partial charge in [0, 0.05) is 17.5 Å². The van der Waals surface area contributed by atoms with Crippen LogP contribution in [0.5, 0.6) is 0 Å². The van der Waals surface area contributed by atoms with Crippen molar-refractivity contribution in [3.63, 3.8) is 0 Å². The van der Waals surface area contributed by atoms with Gasteiger partial charge >= 0.3 is 0 Å². The number of halogens is 1. The van der Waals surface area contributed by atoms with Crippen molar-refractivity contribution in [2.75, 3.05) is 0 Å². The summed E-state index contributed by atoms with van der Waals surface area (Å²) < 4.78 is 13.4. The van der Waals surface area contributed by atoms with Crippen molar-refractivity contribution in [2.24, 2.45) is 0 Å². The Labute approximate surface area is 144 Å². The van der Waals surface area contributed by atoms with Gasteiger partial charge in [-0.1, -0.05) is 18.2 Å². The van der Waals surface area contributed by atoms with Crippen LogP contribution >= 0.6 is 11.3 Å². The monoisotopic (exact) mass is 345 g/mol. The summed E-state index contributed by atoms with van der Waals surface area (Å²) in [5.41, 5.74) is 7.22. The number of carbonyl (C=O) groups excluding carboxylic acids is 1. The highest BCUT2D eigenvalue weighted by Crippen LogP contribution is 2.32. The maximum Gasteiger partial charge on any atom is 0.241 e. The van der Waals surface area contributed by atoms with E-state index in [1.807, 2.05) is 22.4 Å². The Morgan fingerprint density at radius 3 is 2.83 bits per heavy atom. The van der Waals surface area contributed by atoms with Gasteiger partial charge in [0.05, 0.1) is 6.04 Å². The van der Waals surface area contributed by atoms with E-state index in [4.69, 9.17) is 0 Å². The maximum atomic E-state index is 13.4. The van der Waals surface area contributed by atoms with Crippen LogP contribution in [0.4, 0.5) is 4.39 Å². The van der Waals surface area contributed by atoms with Crippen molar-refractivity contribution in [3.05, 3.63) is 58.0 Å². The Bertz CT molecular complexity index is 717. The minimum absolute atomic E-state index is 0.105. The lowest BCUT2D eigenvalue weighted by Crippen LogP contribution is -2.46. The number of hydrogen-bond acceptors (Lipinski definition) is 4. The molecule has 1 aliphatic carbocycles. The number of nitrogens with zero attached hydrogens (tertiary/aromatic N) is 1. The number of benzene rings is 1. The van der Waals surface area contributed by atoms with Gasteiger partial charge in [0.15, 0.2) is 0 Å². The van der Waals surface area contributed by atoms with Crippen molar-refractivity contribution < 1.29 is 9.18 Å². The molecule has 2 heterocycles. The first-order valence-electron chi connectivity index (χ1n) is 8.30. The van der Waals surface area contributed by atoms with Crippen molar-refractivity contribution in [1.29, 1.82) is 0 Å². The summed E-state index contributed by atoms with van der Waals surface area (Å²) in [4.78, 5) is 16.1. The second kappa shape index (κ2) is 6.63. The molecule has 0 radical (unpaired) electrons. The summed E-state index contributed by atoms with van der Waals surface area (Å²) in [7, 11) is 0. The first-order valence-corrected chi connectivity index (χ1v) is 9.18. The summed E-state index contributed by atoms with van der Waals surface area (Å²) in [5, 5.41) is 2.05. The fraction of sp³-hybridized carbons (Fsp3) is 0.389. The molecule has 0 spiro atoms. The molecule has 2 aromatic rings. The number of rotatable bonds is 5. The van der Waals surface area contributed by atoms with Crippen molar-refractivity contribution in [1.82, 2.24) is 15.8 Å². The van der Waals surface area contributed by atoms with Crippen LogP contribution in [0.1, 0.15) is 35.7 Å². The molecule has 1 saturated heterocycles. The second-order valence-electron chi connectivity index (χ2n) is 6.47. The predicted molar refractivity (Wildman–Crippen MR) is 91.7 cm³/mol.